The van der Waals surface area contributed by atoms with Crippen LogP contribution in [0.5, 0.6) is 0 Å². The van der Waals surface area contributed by atoms with Crippen molar-refractivity contribution in [3.63, 3.8) is 0 Å². The summed E-state index contributed by atoms with van der Waals surface area (Å²) in [7, 11) is 0. The van der Waals surface area contributed by atoms with Crippen LogP contribution in [0.1, 0.15) is 0 Å². The molecule has 1 N–H and O–H groups in total. The SMILES string of the molecule is O=C(O)C(F)(F)C(F)(F)C(F)(F)C(F)(F)C(F)(F)C(F)(F)C(F)(F)F.[K+]. The van der Waals surface area contributed by atoms with Gasteiger partial charge in [-0.15, -0.1) is 0 Å². The van der Waals surface area contributed by atoms with Crippen LogP contribution in [-0.2, 0) is 4.79 Å². The number of carbonyl (C=O) groups is 1. The summed E-state index contributed by atoms with van der Waals surface area (Å²) in [4.78, 5) is 9.72. The summed E-state index contributed by atoms with van der Waals surface area (Å²) >= 11 is 0. The van der Waals surface area contributed by atoms with Gasteiger partial charge in [0.2, 0.25) is 0 Å². The van der Waals surface area contributed by atoms with E-state index in [0.717, 1.165) is 0 Å². The number of hydrogen-bond donors (Lipinski definition) is 1. The minimum Gasteiger partial charge on any atom is -0.477 e. The van der Waals surface area contributed by atoms with E-state index < -0.39 is 47.7 Å². The molecule has 0 atom stereocenters. The molecule has 0 fully saturated rings. The Bertz CT molecular complexity index is 536. The van der Waals surface area contributed by atoms with Gasteiger partial charge < -0.3 is 5.11 Å². The van der Waals surface area contributed by atoms with Gasteiger partial charge in [0.15, 0.2) is 0 Å². The summed E-state index contributed by atoms with van der Waals surface area (Å²) in [5.74, 6) is -52.8. The minimum atomic E-state index is -8.47. The van der Waals surface area contributed by atoms with Crippen molar-refractivity contribution in [3.8, 4) is 0 Å². The molecule has 26 heavy (non-hydrogen) atoms. The van der Waals surface area contributed by atoms with Crippen molar-refractivity contribution in [2.75, 3.05) is 0 Å². The monoisotopic (exact) mass is 453 g/mol. The molecule has 0 aliphatic heterocycles. The molecule has 0 rings (SSSR count). The Morgan fingerprint density at radius 1 is 0.500 bits per heavy atom. The van der Waals surface area contributed by atoms with Crippen molar-refractivity contribution in [1.29, 1.82) is 0 Å². The maximum absolute atomic E-state index is 12.8. The van der Waals surface area contributed by atoms with Gasteiger partial charge in [0.05, 0.1) is 0 Å². The first-order chi connectivity index (χ1) is 10.4. The van der Waals surface area contributed by atoms with Gasteiger partial charge in [-0.2, -0.15) is 65.9 Å². The Morgan fingerprint density at radius 2 is 0.731 bits per heavy atom. The van der Waals surface area contributed by atoms with E-state index in [1.807, 2.05) is 0 Å². The van der Waals surface area contributed by atoms with Crippen molar-refractivity contribution in [1.82, 2.24) is 0 Å². The number of rotatable bonds is 6. The van der Waals surface area contributed by atoms with Crippen LogP contribution in [0.25, 0.3) is 0 Å². The maximum atomic E-state index is 12.8. The van der Waals surface area contributed by atoms with E-state index in [4.69, 9.17) is 5.11 Å². The average molecular weight is 453 g/mol. The molecular weight excluding hydrogens is 452 g/mol. The molecule has 0 heterocycles. The standard InChI is InChI=1S/C8HF15O2.K/c9-2(10,1(24)25)3(11,12)4(13,14)5(15,16)6(17,18)7(19,20)8(21,22)23;/h(H,24,25);/q;+1. The minimum absolute atomic E-state index is 0. The van der Waals surface area contributed by atoms with Gasteiger partial charge in [-0.1, -0.05) is 0 Å². The number of aliphatic carboxylic acids is 1. The van der Waals surface area contributed by atoms with Crippen LogP contribution in [0.3, 0.4) is 0 Å². The fraction of sp³-hybridized carbons (Fsp3) is 0.875. The average Bonchev–Trinajstić information content (AvgIpc) is 2.35. The molecule has 0 aromatic carbocycles. The van der Waals surface area contributed by atoms with Crippen LogP contribution in [0.4, 0.5) is 65.9 Å². The van der Waals surface area contributed by atoms with E-state index in [-0.39, 0.29) is 51.4 Å². The molecule has 0 aromatic rings. The Labute approximate surface area is 174 Å². The summed E-state index contributed by atoms with van der Waals surface area (Å²) in [5, 5.41) is 7.57. The number of halogens is 15. The van der Waals surface area contributed by atoms with E-state index in [9.17, 15) is 70.7 Å². The predicted octanol–water partition coefficient (Wildman–Crippen LogP) is 1.45. The third-order valence-electron chi connectivity index (χ3n) is 2.60. The topological polar surface area (TPSA) is 37.3 Å². The second kappa shape index (κ2) is 7.14. The van der Waals surface area contributed by atoms with E-state index in [0.29, 0.717) is 0 Å². The van der Waals surface area contributed by atoms with Crippen LogP contribution in [-0.4, -0.2) is 52.8 Å². The number of carboxylic acid groups (broad SMARTS) is 1. The Kier molecular flexibility index (Phi) is 7.77. The molecule has 0 aliphatic rings. The van der Waals surface area contributed by atoms with Crippen LogP contribution >= 0.6 is 0 Å². The second-order valence-electron chi connectivity index (χ2n) is 4.25. The van der Waals surface area contributed by atoms with E-state index in [1.165, 1.54) is 0 Å². The van der Waals surface area contributed by atoms with Gasteiger partial charge in [0.1, 0.15) is 0 Å². The fourth-order valence-electron chi connectivity index (χ4n) is 1.10. The molecule has 0 aliphatic carbocycles. The smallest absolute Gasteiger partial charge is 0.477 e. The van der Waals surface area contributed by atoms with Crippen LogP contribution in [0.15, 0.2) is 0 Å². The third-order valence-corrected chi connectivity index (χ3v) is 2.60. The van der Waals surface area contributed by atoms with Gasteiger partial charge in [-0.3, -0.25) is 0 Å². The summed E-state index contributed by atoms with van der Waals surface area (Å²) in [6, 6.07) is 0. The van der Waals surface area contributed by atoms with Gasteiger partial charge >= 0.3 is 99.1 Å². The molecule has 0 radical (unpaired) electrons. The van der Waals surface area contributed by atoms with Crippen molar-refractivity contribution in [3.05, 3.63) is 0 Å². The first-order valence-corrected chi connectivity index (χ1v) is 5.01. The Balaban J connectivity index is 0. The zero-order chi connectivity index (χ0) is 21.1. The largest absolute Gasteiger partial charge is 1.00 e. The van der Waals surface area contributed by atoms with Gasteiger partial charge in [0, 0.05) is 0 Å². The first kappa shape index (κ1) is 28.3. The van der Waals surface area contributed by atoms with E-state index in [1.54, 1.807) is 0 Å². The molecule has 2 nitrogen and oxygen atoms in total. The van der Waals surface area contributed by atoms with Crippen molar-refractivity contribution in [2.24, 2.45) is 0 Å². The molecule has 0 unspecified atom stereocenters. The fourth-order valence-corrected chi connectivity index (χ4v) is 1.10. The van der Waals surface area contributed by atoms with Crippen molar-refractivity contribution >= 4 is 5.97 Å². The molecule has 150 valence electrons. The summed E-state index contributed by atoms with van der Waals surface area (Å²) < 4.78 is 187. The molecule has 0 saturated heterocycles. The zero-order valence-electron chi connectivity index (χ0n) is 11.5. The third kappa shape index (κ3) is 3.55. The van der Waals surface area contributed by atoms with Crippen LogP contribution < -0.4 is 51.4 Å². The van der Waals surface area contributed by atoms with Crippen LogP contribution in [0.2, 0.25) is 0 Å². The maximum Gasteiger partial charge on any atom is 1.00 e. The number of alkyl halides is 15. The molecule has 0 spiro atoms. The van der Waals surface area contributed by atoms with E-state index in [2.05, 4.69) is 0 Å². The van der Waals surface area contributed by atoms with Crippen molar-refractivity contribution < 1.29 is 127 Å². The molecule has 18 heteroatoms. The molecule has 0 aromatic heterocycles. The van der Waals surface area contributed by atoms with Gasteiger partial charge in [-0.05, 0) is 0 Å². The normalized spacial score (nSPS) is 15.5. The Hall–Kier alpha value is 0.0564. The van der Waals surface area contributed by atoms with Crippen LogP contribution in [0, 0.1) is 0 Å². The molecule has 0 amide bonds. The Morgan fingerprint density at radius 3 is 0.962 bits per heavy atom. The number of hydrogen-bond acceptors (Lipinski definition) is 1. The summed E-state index contributed by atoms with van der Waals surface area (Å²) in [5.41, 5.74) is 0. The number of carboxylic acids is 1. The van der Waals surface area contributed by atoms with Crippen molar-refractivity contribution in [2.45, 2.75) is 41.7 Å². The molecule has 0 bridgehead atoms. The summed E-state index contributed by atoms with van der Waals surface area (Å²) in [6.07, 6.45) is -7.69. The van der Waals surface area contributed by atoms with Gasteiger partial charge in [-0.25, -0.2) is 4.79 Å². The van der Waals surface area contributed by atoms with Gasteiger partial charge in [0.25, 0.3) is 0 Å². The summed E-state index contributed by atoms with van der Waals surface area (Å²) in [6.45, 7) is 0. The predicted molar refractivity (Wildman–Crippen MR) is 43.4 cm³/mol. The zero-order valence-corrected chi connectivity index (χ0v) is 14.6. The second-order valence-corrected chi connectivity index (χ2v) is 4.25. The van der Waals surface area contributed by atoms with E-state index >= 15 is 0 Å². The quantitative estimate of drug-likeness (QED) is 0.489. The first-order valence-electron chi connectivity index (χ1n) is 5.01. The molecule has 0 saturated carbocycles. The molecular formula is C8HF15KO2+.